The number of fused-ring (bicyclic) bond motifs is 1. The van der Waals surface area contributed by atoms with Crippen LogP contribution in [0.25, 0.3) is 20.7 Å². The Bertz CT molecular complexity index is 1000. The average Bonchev–Trinajstić information content (AvgIpc) is 3.22. The topological polar surface area (TPSA) is 63.3 Å². The Kier molecular flexibility index (Phi) is 3.80. The molecule has 3 heterocycles. The summed E-state index contributed by atoms with van der Waals surface area (Å²) in [5, 5.41) is 5.16. The fourth-order valence-electron chi connectivity index (χ4n) is 2.37. The third kappa shape index (κ3) is 2.91. The second-order valence-electron chi connectivity index (χ2n) is 5.24. The summed E-state index contributed by atoms with van der Waals surface area (Å²) in [7, 11) is 0. The highest BCUT2D eigenvalue weighted by molar-refractivity contribution is 7.21. The molecule has 1 aromatic carbocycles. The molecule has 0 saturated heterocycles. The molecule has 5 nitrogen and oxygen atoms in total. The van der Waals surface area contributed by atoms with E-state index in [2.05, 4.69) is 38.7 Å². The van der Waals surface area contributed by atoms with Crippen LogP contribution in [0, 0.1) is 6.92 Å². The smallest absolute Gasteiger partial charge is 0.158 e. The molecule has 0 aliphatic rings. The van der Waals surface area contributed by atoms with Crippen molar-refractivity contribution in [3.05, 3.63) is 66.4 Å². The average molecular weight is 334 g/mol. The van der Waals surface area contributed by atoms with Gasteiger partial charge in [0, 0.05) is 4.88 Å². The Morgan fingerprint density at radius 3 is 2.79 bits per heavy atom. The molecule has 0 radical (unpaired) electrons. The lowest BCUT2D eigenvalue weighted by Gasteiger charge is -1.99. The largest absolute Gasteiger partial charge is 0.460 e. The van der Waals surface area contributed by atoms with Gasteiger partial charge in [-0.3, -0.25) is 5.43 Å². The number of nitrogens with one attached hydrogen (secondary N) is 1. The number of rotatable bonds is 4. The van der Waals surface area contributed by atoms with Gasteiger partial charge in [-0.15, -0.1) is 11.3 Å². The van der Waals surface area contributed by atoms with Gasteiger partial charge in [0.2, 0.25) is 0 Å². The molecule has 0 spiro atoms. The molecule has 118 valence electrons. The zero-order valence-corrected chi connectivity index (χ0v) is 13.7. The number of hydrogen-bond donors (Lipinski definition) is 1. The summed E-state index contributed by atoms with van der Waals surface area (Å²) in [6.45, 7) is 1.90. The minimum Gasteiger partial charge on any atom is -0.460 e. The quantitative estimate of drug-likeness (QED) is 0.434. The van der Waals surface area contributed by atoms with Crippen LogP contribution in [-0.2, 0) is 0 Å². The zero-order valence-electron chi connectivity index (χ0n) is 12.9. The number of nitrogens with zero attached hydrogens (tertiary/aromatic N) is 3. The van der Waals surface area contributed by atoms with Crippen molar-refractivity contribution >= 4 is 33.6 Å². The minimum absolute atomic E-state index is 0.679. The van der Waals surface area contributed by atoms with Crippen molar-refractivity contribution in [2.45, 2.75) is 6.92 Å². The van der Waals surface area contributed by atoms with Crippen molar-refractivity contribution in [1.29, 1.82) is 0 Å². The normalized spacial score (nSPS) is 11.4. The minimum atomic E-state index is 0.679. The Hall–Kier alpha value is -2.99. The van der Waals surface area contributed by atoms with Gasteiger partial charge in [0.1, 0.15) is 22.7 Å². The lowest BCUT2D eigenvalue weighted by atomic mass is 10.2. The Labute approximate surface area is 142 Å². The van der Waals surface area contributed by atoms with Crippen molar-refractivity contribution in [1.82, 2.24) is 9.97 Å². The zero-order chi connectivity index (χ0) is 16.4. The van der Waals surface area contributed by atoms with Crippen LogP contribution in [0.3, 0.4) is 0 Å². The van der Waals surface area contributed by atoms with Crippen molar-refractivity contribution in [3.63, 3.8) is 0 Å². The Morgan fingerprint density at radius 1 is 1.12 bits per heavy atom. The van der Waals surface area contributed by atoms with E-state index in [0.717, 1.165) is 20.9 Å². The van der Waals surface area contributed by atoms with Gasteiger partial charge in [-0.05, 0) is 30.7 Å². The van der Waals surface area contributed by atoms with Gasteiger partial charge >= 0.3 is 0 Å². The summed E-state index contributed by atoms with van der Waals surface area (Å²) in [6, 6.07) is 16.1. The summed E-state index contributed by atoms with van der Waals surface area (Å²) in [5.74, 6) is 2.23. The second kappa shape index (κ2) is 6.25. The highest BCUT2D eigenvalue weighted by Crippen LogP contribution is 2.34. The van der Waals surface area contributed by atoms with Gasteiger partial charge < -0.3 is 4.42 Å². The molecule has 6 heteroatoms. The fraction of sp³-hybridized carbons (Fsp3) is 0.0556. The highest BCUT2D eigenvalue weighted by Gasteiger charge is 2.09. The number of aromatic nitrogens is 2. The number of aryl methyl sites for hydroxylation is 1. The van der Waals surface area contributed by atoms with Gasteiger partial charge in [0.05, 0.1) is 11.6 Å². The number of anilines is 1. The fourth-order valence-corrected chi connectivity index (χ4v) is 3.37. The van der Waals surface area contributed by atoms with E-state index in [1.807, 2.05) is 37.3 Å². The van der Waals surface area contributed by atoms with Crippen molar-refractivity contribution in [2.75, 3.05) is 5.43 Å². The van der Waals surface area contributed by atoms with Gasteiger partial charge in [-0.25, -0.2) is 9.97 Å². The summed E-state index contributed by atoms with van der Waals surface area (Å²) in [4.78, 5) is 10.7. The van der Waals surface area contributed by atoms with E-state index >= 15 is 0 Å². The Morgan fingerprint density at radius 2 is 2.00 bits per heavy atom. The van der Waals surface area contributed by atoms with E-state index in [1.165, 1.54) is 5.56 Å². The van der Waals surface area contributed by atoms with Gasteiger partial charge in [-0.2, -0.15) is 5.10 Å². The summed E-state index contributed by atoms with van der Waals surface area (Å²) in [6.07, 6.45) is 3.17. The molecular weight excluding hydrogens is 320 g/mol. The van der Waals surface area contributed by atoms with E-state index in [0.29, 0.717) is 11.6 Å². The lowest BCUT2D eigenvalue weighted by molar-refractivity contribution is 0.528. The van der Waals surface area contributed by atoms with Gasteiger partial charge in [-0.1, -0.05) is 30.3 Å². The molecule has 24 heavy (non-hydrogen) atoms. The van der Waals surface area contributed by atoms with Crippen LogP contribution in [-0.4, -0.2) is 16.2 Å². The molecule has 0 fully saturated rings. The summed E-state index contributed by atoms with van der Waals surface area (Å²) >= 11 is 1.64. The molecule has 0 amide bonds. The van der Waals surface area contributed by atoms with Crippen LogP contribution in [0.1, 0.15) is 11.5 Å². The van der Waals surface area contributed by atoms with E-state index in [1.54, 1.807) is 23.9 Å². The van der Waals surface area contributed by atoms with E-state index in [-0.39, 0.29) is 0 Å². The first kappa shape index (κ1) is 14.6. The standard InChI is InChI=1S/C18H14N4OS/c1-12-7-8-14(23-12)10-21-22-17-15-9-16(13-5-3-2-4-6-13)24-18(15)20-11-19-17/h2-11H,1H3,(H,19,20,22)/b21-10-. The Balaban J connectivity index is 1.63. The second-order valence-corrected chi connectivity index (χ2v) is 6.27. The molecule has 1 N–H and O–H groups in total. The number of hydrogen-bond acceptors (Lipinski definition) is 6. The summed E-state index contributed by atoms with van der Waals surface area (Å²) < 4.78 is 5.45. The first-order valence-electron chi connectivity index (χ1n) is 7.45. The van der Waals surface area contributed by atoms with Crippen LogP contribution < -0.4 is 5.43 Å². The first-order chi connectivity index (χ1) is 11.8. The number of thiophene rings is 1. The first-order valence-corrected chi connectivity index (χ1v) is 8.27. The third-order valence-corrected chi connectivity index (χ3v) is 4.60. The molecule has 0 atom stereocenters. The van der Waals surface area contributed by atoms with Crippen LogP contribution in [0.15, 0.2) is 64.4 Å². The lowest BCUT2D eigenvalue weighted by Crippen LogP contribution is -1.94. The maximum absolute atomic E-state index is 5.45. The molecule has 0 aliphatic carbocycles. The number of benzene rings is 1. The predicted octanol–water partition coefficient (Wildman–Crippen LogP) is 4.71. The van der Waals surface area contributed by atoms with Crippen LogP contribution in [0.2, 0.25) is 0 Å². The molecule has 0 aliphatic heterocycles. The van der Waals surface area contributed by atoms with E-state index in [4.69, 9.17) is 4.42 Å². The third-order valence-electron chi connectivity index (χ3n) is 3.51. The number of furan rings is 1. The van der Waals surface area contributed by atoms with Crippen LogP contribution in [0.4, 0.5) is 5.82 Å². The van der Waals surface area contributed by atoms with Gasteiger partial charge in [0.15, 0.2) is 5.82 Å². The molecule has 0 bridgehead atoms. The van der Waals surface area contributed by atoms with Crippen molar-refractivity contribution in [3.8, 4) is 10.4 Å². The van der Waals surface area contributed by atoms with E-state index in [9.17, 15) is 0 Å². The molecule has 0 saturated carbocycles. The van der Waals surface area contributed by atoms with Crippen LogP contribution >= 0.6 is 11.3 Å². The predicted molar refractivity (Wildman–Crippen MR) is 97.5 cm³/mol. The molecule has 0 unspecified atom stereocenters. The highest BCUT2D eigenvalue weighted by atomic mass is 32.1. The van der Waals surface area contributed by atoms with Crippen molar-refractivity contribution in [2.24, 2.45) is 5.10 Å². The maximum Gasteiger partial charge on any atom is 0.158 e. The SMILES string of the molecule is Cc1ccc(/C=N\Nc2ncnc3sc(-c4ccccc4)cc23)o1. The monoisotopic (exact) mass is 334 g/mol. The molecule has 4 aromatic rings. The van der Waals surface area contributed by atoms with E-state index < -0.39 is 0 Å². The van der Waals surface area contributed by atoms with Crippen molar-refractivity contribution < 1.29 is 4.42 Å². The molecule has 3 aromatic heterocycles. The van der Waals surface area contributed by atoms with Gasteiger partial charge in [0.25, 0.3) is 0 Å². The van der Waals surface area contributed by atoms with Crippen LogP contribution in [0.5, 0.6) is 0 Å². The molecule has 4 rings (SSSR count). The summed E-state index contributed by atoms with van der Waals surface area (Å²) in [5.41, 5.74) is 4.14. The number of hydrazone groups is 1. The maximum atomic E-state index is 5.45. The molecular formula is C18H14N4OS.